The number of nitrogens with two attached hydrogens (primary N) is 1. The Hall–Kier alpha value is -1.34. The van der Waals surface area contributed by atoms with E-state index in [1.54, 1.807) is 0 Å². The maximum Gasteiger partial charge on any atom is 0.371 e. The highest BCUT2D eigenvalue weighted by atomic mass is 32.2. The Morgan fingerprint density at radius 1 is 1.50 bits per heavy atom. The number of furan rings is 1. The minimum Gasteiger partial charge on any atom is -0.475 e. The van der Waals surface area contributed by atoms with Crippen LogP contribution in [0.3, 0.4) is 0 Å². The monoisotopic (exact) mass is 191 g/mol. The van der Waals surface area contributed by atoms with Crippen LogP contribution in [0.2, 0.25) is 0 Å². The van der Waals surface area contributed by atoms with Crippen LogP contribution < -0.4 is 5.14 Å². The molecular weight excluding hydrogens is 186 g/mol. The Morgan fingerprint density at radius 3 is 2.33 bits per heavy atom. The van der Waals surface area contributed by atoms with Crippen LogP contribution >= 0.6 is 0 Å². The fourth-order valence-electron chi connectivity index (χ4n) is 0.588. The van der Waals surface area contributed by atoms with Crippen molar-refractivity contribution in [3.63, 3.8) is 0 Å². The van der Waals surface area contributed by atoms with E-state index >= 15 is 0 Å². The number of hydrogen-bond acceptors (Lipinski definition) is 4. The molecule has 1 heterocycles. The van der Waals surface area contributed by atoms with E-state index in [0.717, 1.165) is 12.1 Å². The van der Waals surface area contributed by atoms with Crippen LogP contribution in [0.25, 0.3) is 0 Å². The Bertz CT molecular complexity index is 403. The predicted octanol–water partition coefficient (Wildman–Crippen LogP) is -0.375. The van der Waals surface area contributed by atoms with Gasteiger partial charge in [0.2, 0.25) is 10.9 Å². The second kappa shape index (κ2) is 2.61. The van der Waals surface area contributed by atoms with Gasteiger partial charge in [-0.25, -0.2) is 18.4 Å². The lowest BCUT2D eigenvalue weighted by atomic mass is 10.5. The third kappa shape index (κ3) is 1.63. The van der Waals surface area contributed by atoms with Crippen molar-refractivity contribution >= 4 is 16.0 Å². The fraction of sp³-hybridized carbons (Fsp3) is 0. The highest BCUT2D eigenvalue weighted by Crippen LogP contribution is 2.11. The zero-order valence-electron chi connectivity index (χ0n) is 5.72. The summed E-state index contributed by atoms with van der Waals surface area (Å²) >= 11 is 0. The number of carboxylic acids is 1. The minimum atomic E-state index is -3.95. The van der Waals surface area contributed by atoms with Crippen molar-refractivity contribution in [1.29, 1.82) is 0 Å². The zero-order valence-corrected chi connectivity index (χ0v) is 6.54. The molecule has 0 atom stereocenters. The Balaban J connectivity index is 3.17. The Kier molecular flexibility index (Phi) is 1.90. The van der Waals surface area contributed by atoms with E-state index < -0.39 is 26.8 Å². The number of carboxylic acid groups (broad SMARTS) is 1. The number of hydrogen-bond donors (Lipinski definition) is 2. The summed E-state index contributed by atoms with van der Waals surface area (Å²) in [4.78, 5) is 10.2. The predicted molar refractivity (Wildman–Crippen MR) is 37.0 cm³/mol. The van der Waals surface area contributed by atoms with Gasteiger partial charge in [-0.05, 0) is 12.1 Å². The molecule has 0 aliphatic carbocycles. The summed E-state index contributed by atoms with van der Waals surface area (Å²) in [6.45, 7) is 0. The molecule has 0 aliphatic rings. The largest absolute Gasteiger partial charge is 0.475 e. The molecule has 0 unspecified atom stereocenters. The SMILES string of the molecule is NS(=O)(=O)c1ccc(C(=O)O)o1. The van der Waals surface area contributed by atoms with Gasteiger partial charge in [-0.1, -0.05) is 0 Å². The van der Waals surface area contributed by atoms with E-state index in [2.05, 4.69) is 9.56 Å². The average Bonchev–Trinajstić information content (AvgIpc) is 2.30. The molecule has 0 spiro atoms. The van der Waals surface area contributed by atoms with Gasteiger partial charge in [0.1, 0.15) is 0 Å². The molecule has 0 saturated carbocycles. The molecule has 0 radical (unpaired) electrons. The lowest BCUT2D eigenvalue weighted by Crippen LogP contribution is -2.10. The van der Waals surface area contributed by atoms with Gasteiger partial charge in [-0.3, -0.25) is 0 Å². The number of aromatic carboxylic acids is 1. The van der Waals surface area contributed by atoms with E-state index in [4.69, 9.17) is 5.11 Å². The number of primary sulfonamides is 1. The maximum absolute atomic E-state index is 10.6. The summed E-state index contributed by atoms with van der Waals surface area (Å²) in [6, 6.07) is 2.00. The average molecular weight is 191 g/mol. The lowest BCUT2D eigenvalue weighted by Gasteiger charge is -1.88. The third-order valence-corrected chi connectivity index (χ3v) is 1.85. The molecule has 1 rings (SSSR count). The first kappa shape index (κ1) is 8.75. The zero-order chi connectivity index (χ0) is 9.35. The normalized spacial score (nSPS) is 11.4. The van der Waals surface area contributed by atoms with Gasteiger partial charge in [-0.2, -0.15) is 0 Å². The van der Waals surface area contributed by atoms with Gasteiger partial charge in [0.05, 0.1) is 0 Å². The van der Waals surface area contributed by atoms with Gasteiger partial charge in [0, 0.05) is 0 Å². The van der Waals surface area contributed by atoms with Crippen molar-refractivity contribution in [2.75, 3.05) is 0 Å². The first-order chi connectivity index (χ1) is 5.41. The number of rotatable bonds is 2. The summed E-state index contributed by atoms with van der Waals surface area (Å²) in [5, 5.41) is 12.4. The summed E-state index contributed by atoms with van der Waals surface area (Å²) in [5.41, 5.74) is 0. The summed E-state index contributed by atoms with van der Waals surface area (Å²) in [7, 11) is -3.95. The van der Waals surface area contributed by atoms with E-state index in [9.17, 15) is 13.2 Å². The minimum absolute atomic E-state index is 0.459. The lowest BCUT2D eigenvalue weighted by molar-refractivity contribution is 0.0656. The highest BCUT2D eigenvalue weighted by Gasteiger charge is 2.16. The van der Waals surface area contributed by atoms with E-state index in [-0.39, 0.29) is 0 Å². The quantitative estimate of drug-likeness (QED) is 0.662. The van der Waals surface area contributed by atoms with Gasteiger partial charge in [-0.15, -0.1) is 0 Å². The van der Waals surface area contributed by atoms with Crippen molar-refractivity contribution in [1.82, 2.24) is 0 Å². The second-order valence-corrected chi connectivity index (χ2v) is 3.46. The van der Waals surface area contributed by atoms with E-state index in [1.807, 2.05) is 0 Å². The van der Waals surface area contributed by atoms with Crippen molar-refractivity contribution in [3.8, 4) is 0 Å². The summed E-state index contributed by atoms with van der Waals surface area (Å²) in [5.74, 6) is -1.80. The van der Waals surface area contributed by atoms with Crippen molar-refractivity contribution in [2.24, 2.45) is 5.14 Å². The molecule has 0 fully saturated rings. The molecule has 66 valence electrons. The van der Waals surface area contributed by atoms with Crippen LogP contribution in [0, 0.1) is 0 Å². The van der Waals surface area contributed by atoms with Crippen LogP contribution in [0.15, 0.2) is 21.6 Å². The molecule has 0 bridgehead atoms. The van der Waals surface area contributed by atoms with Gasteiger partial charge in [0.25, 0.3) is 10.0 Å². The van der Waals surface area contributed by atoms with Gasteiger partial charge < -0.3 is 9.52 Å². The highest BCUT2D eigenvalue weighted by molar-refractivity contribution is 7.89. The molecule has 0 saturated heterocycles. The molecule has 3 N–H and O–H groups in total. The van der Waals surface area contributed by atoms with Crippen LogP contribution in [0.4, 0.5) is 0 Å². The topological polar surface area (TPSA) is 111 Å². The molecule has 0 amide bonds. The van der Waals surface area contributed by atoms with Crippen LogP contribution in [-0.4, -0.2) is 19.5 Å². The molecule has 1 aromatic heterocycles. The number of carbonyl (C=O) groups is 1. The van der Waals surface area contributed by atoms with Crippen LogP contribution in [0.1, 0.15) is 10.6 Å². The molecule has 0 aromatic carbocycles. The maximum atomic E-state index is 10.6. The smallest absolute Gasteiger partial charge is 0.371 e. The van der Waals surface area contributed by atoms with Crippen molar-refractivity contribution in [2.45, 2.75) is 5.09 Å². The molecule has 1 aromatic rings. The molecule has 6 nitrogen and oxygen atoms in total. The van der Waals surface area contributed by atoms with Crippen LogP contribution in [-0.2, 0) is 10.0 Å². The van der Waals surface area contributed by atoms with Gasteiger partial charge in [0.15, 0.2) is 0 Å². The second-order valence-electron chi connectivity index (χ2n) is 1.97. The third-order valence-electron chi connectivity index (χ3n) is 1.07. The summed E-state index contributed by atoms with van der Waals surface area (Å²) in [6.07, 6.45) is 0. The molecular formula is C5H5NO5S. The number of sulfonamides is 1. The first-order valence-electron chi connectivity index (χ1n) is 2.77. The fourth-order valence-corrected chi connectivity index (χ4v) is 1.05. The van der Waals surface area contributed by atoms with E-state index in [1.165, 1.54) is 0 Å². The first-order valence-corrected chi connectivity index (χ1v) is 4.32. The van der Waals surface area contributed by atoms with Gasteiger partial charge >= 0.3 is 5.97 Å². The standard InChI is InChI=1S/C5H5NO5S/c6-12(9,10)4-2-1-3(11-4)5(7)8/h1-2H,(H,7,8)(H2,6,9,10). The molecule has 0 aliphatic heterocycles. The van der Waals surface area contributed by atoms with Crippen molar-refractivity contribution < 1.29 is 22.7 Å². The van der Waals surface area contributed by atoms with Crippen molar-refractivity contribution in [3.05, 3.63) is 17.9 Å². The summed E-state index contributed by atoms with van der Waals surface area (Å²) < 4.78 is 25.5. The van der Waals surface area contributed by atoms with Crippen LogP contribution in [0.5, 0.6) is 0 Å². The molecule has 7 heteroatoms. The Labute approximate surface area is 67.6 Å². The Morgan fingerprint density at radius 2 is 2.08 bits per heavy atom. The molecule has 12 heavy (non-hydrogen) atoms. The van der Waals surface area contributed by atoms with E-state index in [0.29, 0.717) is 0 Å².